The molecule has 2 atom stereocenters. The van der Waals surface area contributed by atoms with E-state index in [2.05, 4.69) is 20.9 Å². The number of nitrogens with zero attached hydrogens (tertiary/aromatic N) is 3. The Hall–Kier alpha value is -2.72. The van der Waals surface area contributed by atoms with E-state index in [1.807, 2.05) is 0 Å². The summed E-state index contributed by atoms with van der Waals surface area (Å²) in [6.45, 7) is 1.77. The maximum Gasteiger partial charge on any atom is 0.416 e. The predicted molar refractivity (Wildman–Crippen MR) is 108 cm³/mol. The number of benzene rings is 2. The fraction of sp³-hybridized carbons (Fsp3) is 0.211. The smallest absolute Gasteiger partial charge is 0.325 e. The fourth-order valence-corrected chi connectivity index (χ4v) is 4.32. The molecule has 1 aromatic heterocycles. The molecule has 11 heteroatoms. The summed E-state index contributed by atoms with van der Waals surface area (Å²) in [5.74, 6) is 0.159. The van der Waals surface area contributed by atoms with Gasteiger partial charge in [0.15, 0.2) is 0 Å². The Labute approximate surface area is 178 Å². The van der Waals surface area contributed by atoms with Gasteiger partial charge in [-0.25, -0.2) is 4.68 Å². The molecule has 1 amide bonds. The van der Waals surface area contributed by atoms with Gasteiger partial charge in [0.05, 0.1) is 11.6 Å². The monoisotopic (exact) mass is 453 g/mol. The molecule has 0 fully saturated rings. The molecule has 30 heavy (non-hydrogen) atoms. The number of carbonyl (C=O) groups is 1. The first-order valence-corrected chi connectivity index (χ1v) is 10.1. The van der Waals surface area contributed by atoms with Gasteiger partial charge in [-0.1, -0.05) is 41.6 Å². The molecule has 0 unspecified atom stereocenters. The lowest BCUT2D eigenvalue weighted by Crippen LogP contribution is -2.41. The lowest BCUT2D eigenvalue weighted by molar-refractivity contribution is -0.137. The molecule has 1 aliphatic heterocycles. The van der Waals surface area contributed by atoms with E-state index in [0.717, 1.165) is 17.7 Å². The van der Waals surface area contributed by atoms with Crippen molar-refractivity contribution in [3.05, 3.63) is 70.5 Å². The average Bonchev–Trinajstić information content (AvgIpc) is 3.07. The van der Waals surface area contributed by atoms with Crippen molar-refractivity contribution < 1.29 is 18.0 Å². The maximum absolute atomic E-state index is 13.1. The van der Waals surface area contributed by atoms with Crippen LogP contribution in [0.5, 0.6) is 0 Å². The number of anilines is 1. The molecule has 0 spiro atoms. The Morgan fingerprint density at radius 2 is 1.93 bits per heavy atom. The molecule has 0 saturated heterocycles. The van der Waals surface area contributed by atoms with E-state index in [9.17, 15) is 18.0 Å². The van der Waals surface area contributed by atoms with E-state index in [0.29, 0.717) is 16.0 Å². The number of carbonyl (C=O) groups excluding carboxylic acids is 1. The highest BCUT2D eigenvalue weighted by molar-refractivity contribution is 8.00. The second-order valence-corrected chi connectivity index (χ2v) is 8.17. The number of amides is 1. The number of hydrogen-bond donors (Lipinski definition) is 2. The highest BCUT2D eigenvalue weighted by atomic mass is 35.5. The summed E-state index contributed by atoms with van der Waals surface area (Å²) in [4.78, 5) is 13.1. The quantitative estimate of drug-likeness (QED) is 0.603. The van der Waals surface area contributed by atoms with Crippen LogP contribution in [0.3, 0.4) is 0 Å². The lowest BCUT2D eigenvalue weighted by Gasteiger charge is -2.32. The van der Waals surface area contributed by atoms with Gasteiger partial charge in [0.2, 0.25) is 11.1 Å². The highest BCUT2D eigenvalue weighted by Gasteiger charge is 2.38. The first-order chi connectivity index (χ1) is 14.2. The molecule has 2 aromatic carbocycles. The molecule has 2 N–H and O–H groups in total. The van der Waals surface area contributed by atoms with Crippen LogP contribution in [0, 0.1) is 6.92 Å². The third-order valence-electron chi connectivity index (χ3n) is 4.54. The van der Waals surface area contributed by atoms with Gasteiger partial charge in [0, 0.05) is 10.7 Å². The molecule has 6 nitrogen and oxygen atoms in total. The summed E-state index contributed by atoms with van der Waals surface area (Å²) in [5.41, 5.74) is 3.24. The Morgan fingerprint density at radius 1 is 1.20 bits per heavy atom. The van der Waals surface area contributed by atoms with E-state index in [1.165, 1.54) is 23.9 Å². The van der Waals surface area contributed by atoms with Gasteiger partial charge in [-0.15, -0.1) is 10.2 Å². The first kappa shape index (κ1) is 20.5. The third-order valence-corrected chi connectivity index (χ3v) is 6.01. The summed E-state index contributed by atoms with van der Waals surface area (Å²) in [7, 11) is 0. The minimum Gasteiger partial charge on any atom is -0.325 e. The average molecular weight is 454 g/mol. The summed E-state index contributed by atoms with van der Waals surface area (Å²) in [6.07, 6.45) is -4.50. The van der Waals surface area contributed by atoms with Crippen LogP contribution in [0.1, 0.15) is 23.0 Å². The molecule has 4 rings (SSSR count). The topological polar surface area (TPSA) is 71.8 Å². The molecule has 3 aromatic rings. The first-order valence-electron chi connectivity index (χ1n) is 8.81. The van der Waals surface area contributed by atoms with Crippen LogP contribution in [0.2, 0.25) is 5.02 Å². The van der Waals surface area contributed by atoms with Crippen LogP contribution >= 0.6 is 23.4 Å². The van der Waals surface area contributed by atoms with E-state index in [1.54, 1.807) is 35.9 Å². The largest absolute Gasteiger partial charge is 0.416 e. The number of alkyl halides is 3. The number of fused-ring (bicyclic) bond motifs is 1. The van der Waals surface area contributed by atoms with E-state index in [-0.39, 0.29) is 5.69 Å². The van der Waals surface area contributed by atoms with Crippen LogP contribution in [-0.2, 0) is 11.0 Å². The van der Waals surface area contributed by atoms with Crippen LogP contribution in [-0.4, -0.2) is 26.0 Å². The SMILES string of the molecule is Cc1nnc2n1N[C@H](c1ccc(Cl)cc1)[C@@H](C(=O)Nc1cccc(C(F)(F)F)c1)S2. The van der Waals surface area contributed by atoms with Crippen LogP contribution in [0.25, 0.3) is 0 Å². The molecule has 0 saturated carbocycles. The number of hydrogen-bond acceptors (Lipinski definition) is 5. The normalized spacial score (nSPS) is 18.4. The van der Waals surface area contributed by atoms with Gasteiger partial charge in [0.25, 0.3) is 0 Å². The minimum absolute atomic E-state index is 0.0634. The van der Waals surface area contributed by atoms with E-state index >= 15 is 0 Å². The molecule has 2 heterocycles. The number of thioether (sulfide) groups is 1. The Bertz CT molecular complexity index is 1090. The fourth-order valence-electron chi connectivity index (χ4n) is 3.07. The van der Waals surface area contributed by atoms with E-state index in [4.69, 9.17) is 11.6 Å². The summed E-state index contributed by atoms with van der Waals surface area (Å²) < 4.78 is 40.6. The number of rotatable bonds is 3. The number of nitrogens with one attached hydrogen (secondary N) is 2. The van der Waals surface area contributed by atoms with Crippen LogP contribution in [0.4, 0.5) is 18.9 Å². The second kappa shape index (κ2) is 7.84. The molecular formula is C19H15ClF3N5OS. The molecule has 0 bridgehead atoms. The number of aryl methyl sites for hydroxylation is 1. The van der Waals surface area contributed by atoms with Crippen molar-refractivity contribution in [3.63, 3.8) is 0 Å². The molecule has 156 valence electrons. The Balaban J connectivity index is 1.64. The number of aromatic nitrogens is 3. The summed E-state index contributed by atoms with van der Waals surface area (Å²) >= 11 is 7.16. The van der Waals surface area contributed by atoms with Gasteiger partial charge in [0.1, 0.15) is 11.1 Å². The zero-order valence-corrected chi connectivity index (χ0v) is 17.0. The number of halogens is 4. The zero-order chi connectivity index (χ0) is 21.5. The van der Waals surface area contributed by atoms with E-state index < -0.39 is 28.9 Å². The molecule has 0 radical (unpaired) electrons. The van der Waals surface area contributed by atoms with Gasteiger partial charge >= 0.3 is 6.18 Å². The van der Waals surface area contributed by atoms with Gasteiger partial charge < -0.3 is 10.7 Å². The molecule has 1 aliphatic rings. The minimum atomic E-state index is -4.50. The Morgan fingerprint density at radius 3 is 2.63 bits per heavy atom. The van der Waals surface area contributed by atoms with Crippen molar-refractivity contribution in [2.24, 2.45) is 0 Å². The Kier molecular flexibility index (Phi) is 5.37. The predicted octanol–water partition coefficient (Wildman–Crippen LogP) is 4.66. The molecular weight excluding hydrogens is 439 g/mol. The van der Waals surface area contributed by atoms with Crippen molar-refractivity contribution >= 4 is 35.0 Å². The van der Waals surface area contributed by atoms with Crippen molar-refractivity contribution in [1.82, 2.24) is 14.9 Å². The van der Waals surface area contributed by atoms with Gasteiger partial charge in [-0.3, -0.25) is 4.79 Å². The van der Waals surface area contributed by atoms with Gasteiger partial charge in [-0.2, -0.15) is 13.2 Å². The van der Waals surface area contributed by atoms with Gasteiger partial charge in [-0.05, 0) is 42.8 Å². The maximum atomic E-state index is 13.1. The lowest BCUT2D eigenvalue weighted by atomic mass is 10.0. The summed E-state index contributed by atoms with van der Waals surface area (Å²) in [5, 5.41) is 11.0. The highest BCUT2D eigenvalue weighted by Crippen LogP contribution is 2.38. The van der Waals surface area contributed by atoms with Crippen molar-refractivity contribution in [2.45, 2.75) is 29.5 Å². The molecule has 0 aliphatic carbocycles. The zero-order valence-electron chi connectivity index (χ0n) is 15.4. The summed E-state index contributed by atoms with van der Waals surface area (Å²) in [6, 6.07) is 11.0. The second-order valence-electron chi connectivity index (χ2n) is 6.63. The van der Waals surface area contributed by atoms with Crippen molar-refractivity contribution in [3.8, 4) is 0 Å². The van der Waals surface area contributed by atoms with Crippen molar-refractivity contribution in [2.75, 3.05) is 10.7 Å². The standard InChI is InChI=1S/C19H15ClF3N5OS/c1-10-25-26-18-28(10)27-15(11-5-7-13(20)8-6-11)16(30-18)17(29)24-14-4-2-3-12(9-14)19(21,22)23/h2-9,15-16,27H,1H3,(H,24,29)/t15-,16+/m1/s1. The van der Waals surface area contributed by atoms with Crippen molar-refractivity contribution in [1.29, 1.82) is 0 Å². The third kappa shape index (κ3) is 4.10. The van der Waals surface area contributed by atoms with Crippen LogP contribution in [0.15, 0.2) is 53.7 Å². The van der Waals surface area contributed by atoms with Crippen LogP contribution < -0.4 is 10.7 Å².